The maximum Gasteiger partial charge on any atom is 0.246 e. The molecule has 8 heteroatoms. The van der Waals surface area contributed by atoms with Gasteiger partial charge in [-0.15, -0.1) is 0 Å². The molecule has 2 N–H and O–H groups in total. The first-order chi connectivity index (χ1) is 15.9. The molecule has 3 aromatic rings. The fourth-order valence-corrected chi connectivity index (χ4v) is 6.75. The van der Waals surface area contributed by atoms with E-state index in [0.29, 0.717) is 12.0 Å². The number of nitrogens with zero attached hydrogens (tertiary/aromatic N) is 2. The van der Waals surface area contributed by atoms with Crippen molar-refractivity contribution in [1.82, 2.24) is 4.31 Å². The van der Waals surface area contributed by atoms with Crippen LogP contribution in [0.2, 0.25) is 0 Å². The average Bonchev–Trinajstić information content (AvgIpc) is 3.30. The van der Waals surface area contributed by atoms with E-state index in [4.69, 9.17) is 0 Å². The molecule has 6 nitrogen and oxygen atoms in total. The third-order valence-corrected chi connectivity index (χ3v) is 8.49. The molecule has 1 fully saturated rings. The van der Waals surface area contributed by atoms with Crippen molar-refractivity contribution >= 4 is 15.7 Å². The number of hydrogen-bond donors (Lipinski definition) is 2. The Kier molecular flexibility index (Phi) is 5.41. The molecular weight excluding hydrogens is 441 g/mol. The van der Waals surface area contributed by atoms with Crippen LogP contribution in [0.3, 0.4) is 0 Å². The van der Waals surface area contributed by atoms with Crippen LogP contribution in [-0.4, -0.2) is 37.0 Å². The van der Waals surface area contributed by atoms with Gasteiger partial charge >= 0.3 is 0 Å². The Morgan fingerprint density at radius 2 is 1.88 bits per heavy atom. The van der Waals surface area contributed by atoms with Gasteiger partial charge < -0.3 is 10.4 Å². The predicted octanol–water partition coefficient (Wildman–Crippen LogP) is 3.90. The van der Waals surface area contributed by atoms with Gasteiger partial charge in [-0.05, 0) is 59.5 Å². The quantitative estimate of drug-likeness (QED) is 0.612. The summed E-state index contributed by atoms with van der Waals surface area (Å²) in [7, 11) is -4.10. The molecule has 0 spiro atoms. The lowest BCUT2D eigenvalue weighted by Crippen LogP contribution is -2.43. The van der Waals surface area contributed by atoms with Gasteiger partial charge in [-0.2, -0.15) is 9.57 Å². The number of aliphatic hydroxyl groups excluding tert-OH is 1. The molecule has 0 saturated carbocycles. The highest BCUT2D eigenvalue weighted by Crippen LogP contribution is 2.49. The van der Waals surface area contributed by atoms with E-state index < -0.39 is 21.9 Å². The first-order valence-electron chi connectivity index (χ1n) is 10.7. The van der Waals surface area contributed by atoms with Crippen molar-refractivity contribution in [3.05, 3.63) is 83.7 Å². The molecule has 168 valence electrons. The number of halogens is 1. The summed E-state index contributed by atoms with van der Waals surface area (Å²) < 4.78 is 42.9. The smallest absolute Gasteiger partial charge is 0.246 e. The van der Waals surface area contributed by atoms with Gasteiger partial charge in [-0.1, -0.05) is 30.3 Å². The van der Waals surface area contributed by atoms with Gasteiger partial charge in [0.25, 0.3) is 0 Å². The average molecular weight is 464 g/mol. The van der Waals surface area contributed by atoms with Gasteiger partial charge in [0.2, 0.25) is 10.0 Å². The first-order valence-corrected chi connectivity index (χ1v) is 12.2. The lowest BCUT2D eigenvalue weighted by molar-refractivity contribution is 0.210. The first kappa shape index (κ1) is 21.6. The minimum Gasteiger partial charge on any atom is -0.394 e. The van der Waals surface area contributed by atoms with E-state index in [9.17, 15) is 23.2 Å². The molecule has 3 atom stereocenters. The summed E-state index contributed by atoms with van der Waals surface area (Å²) in [6.07, 6.45) is 0.546. The fraction of sp³-hybridized carbons (Fsp3) is 0.240. The van der Waals surface area contributed by atoms with E-state index in [1.54, 1.807) is 18.2 Å². The highest BCUT2D eigenvalue weighted by Gasteiger charge is 2.49. The van der Waals surface area contributed by atoms with Crippen LogP contribution < -0.4 is 5.32 Å². The second kappa shape index (κ2) is 8.27. The fourth-order valence-electron chi connectivity index (χ4n) is 5.02. The number of nitrogens with one attached hydrogen (secondary N) is 1. The summed E-state index contributed by atoms with van der Waals surface area (Å²) in [6.45, 7) is 0.0952. The van der Waals surface area contributed by atoms with Crippen molar-refractivity contribution < 1.29 is 17.9 Å². The van der Waals surface area contributed by atoms with Crippen LogP contribution in [-0.2, 0) is 10.0 Å². The number of rotatable bonds is 4. The van der Waals surface area contributed by atoms with Gasteiger partial charge in [-0.25, -0.2) is 12.8 Å². The molecule has 3 aromatic carbocycles. The van der Waals surface area contributed by atoms with Crippen LogP contribution in [0, 0.1) is 23.1 Å². The lowest BCUT2D eigenvalue weighted by atomic mass is 9.82. The molecule has 2 heterocycles. The zero-order valence-corrected chi connectivity index (χ0v) is 18.5. The molecule has 0 aromatic heterocycles. The topological polar surface area (TPSA) is 93.4 Å². The largest absolute Gasteiger partial charge is 0.394 e. The van der Waals surface area contributed by atoms with Crippen LogP contribution in [0.25, 0.3) is 11.1 Å². The molecule has 0 radical (unpaired) electrons. The SMILES string of the molecule is N#Cc1cccc(-c2ccc3c(c2)[C@H]2[C@H](CCN2S(=O)(=O)c2ccccc2F)[C@H](CO)N3)c1. The van der Waals surface area contributed by atoms with Gasteiger partial charge in [0.15, 0.2) is 0 Å². The van der Waals surface area contributed by atoms with Crippen molar-refractivity contribution in [2.24, 2.45) is 5.92 Å². The monoisotopic (exact) mass is 463 g/mol. The highest BCUT2D eigenvalue weighted by molar-refractivity contribution is 7.89. The maximum absolute atomic E-state index is 14.5. The maximum atomic E-state index is 14.5. The molecule has 0 amide bonds. The van der Waals surface area contributed by atoms with Gasteiger partial charge in [-0.3, -0.25) is 0 Å². The molecule has 0 bridgehead atoms. The number of anilines is 1. The summed E-state index contributed by atoms with van der Waals surface area (Å²) in [5.74, 6) is -0.944. The molecule has 0 aliphatic carbocycles. The Bertz CT molecular complexity index is 1370. The molecule has 5 rings (SSSR count). The summed E-state index contributed by atoms with van der Waals surface area (Å²) in [5, 5.41) is 22.6. The third-order valence-electron chi connectivity index (χ3n) is 6.57. The van der Waals surface area contributed by atoms with E-state index in [2.05, 4.69) is 11.4 Å². The summed E-state index contributed by atoms with van der Waals surface area (Å²) in [5.41, 5.74) is 3.75. The van der Waals surface area contributed by atoms with Gasteiger partial charge in [0, 0.05) is 18.2 Å². The normalized spacial score (nSPS) is 22.2. The Hall–Kier alpha value is -3.25. The number of nitriles is 1. The lowest BCUT2D eigenvalue weighted by Gasteiger charge is -2.39. The summed E-state index contributed by atoms with van der Waals surface area (Å²) in [4.78, 5) is -0.343. The van der Waals surface area contributed by atoms with Crippen molar-refractivity contribution in [2.75, 3.05) is 18.5 Å². The Labute approximate surface area is 192 Å². The van der Waals surface area contributed by atoms with Crippen LogP contribution in [0.5, 0.6) is 0 Å². The van der Waals surface area contributed by atoms with Crippen LogP contribution in [0.1, 0.15) is 23.6 Å². The standard InChI is InChI=1S/C25H22FN3O3S/c26-21-6-1-2-7-24(21)33(31,32)29-11-10-19-23(15-30)28-22-9-8-18(13-20(22)25(19)29)17-5-3-4-16(12-17)14-27/h1-9,12-13,19,23,25,28,30H,10-11,15H2/t19-,23+,25-/m1/s1. The highest BCUT2D eigenvalue weighted by atomic mass is 32.2. The molecular formula is C25H22FN3O3S. The Morgan fingerprint density at radius 1 is 1.09 bits per heavy atom. The van der Waals surface area contributed by atoms with Crippen LogP contribution >= 0.6 is 0 Å². The number of aliphatic hydroxyl groups is 1. The van der Waals surface area contributed by atoms with Crippen LogP contribution in [0.15, 0.2) is 71.6 Å². The summed E-state index contributed by atoms with van der Waals surface area (Å²) >= 11 is 0. The molecule has 2 aliphatic heterocycles. The van der Waals surface area contributed by atoms with Gasteiger partial charge in [0.05, 0.1) is 30.3 Å². The molecule has 0 unspecified atom stereocenters. The van der Waals surface area contributed by atoms with Crippen molar-refractivity contribution in [3.8, 4) is 17.2 Å². The number of benzene rings is 3. The zero-order chi connectivity index (χ0) is 23.2. The minimum absolute atomic E-state index is 0.139. The molecule has 1 saturated heterocycles. The predicted molar refractivity (Wildman–Crippen MR) is 122 cm³/mol. The number of fused-ring (bicyclic) bond motifs is 3. The van der Waals surface area contributed by atoms with Crippen molar-refractivity contribution in [1.29, 1.82) is 5.26 Å². The molecule has 33 heavy (non-hydrogen) atoms. The van der Waals surface area contributed by atoms with E-state index >= 15 is 0 Å². The van der Waals surface area contributed by atoms with E-state index in [1.807, 2.05) is 24.3 Å². The van der Waals surface area contributed by atoms with Crippen molar-refractivity contribution in [2.45, 2.75) is 23.4 Å². The Morgan fingerprint density at radius 3 is 2.64 bits per heavy atom. The van der Waals surface area contributed by atoms with E-state index in [-0.39, 0.29) is 30.0 Å². The Balaban J connectivity index is 1.63. The van der Waals surface area contributed by atoms with Crippen LogP contribution in [0.4, 0.5) is 10.1 Å². The summed E-state index contributed by atoms with van der Waals surface area (Å²) in [6, 6.07) is 19.6. The minimum atomic E-state index is -4.10. The molecule has 2 aliphatic rings. The second-order valence-corrected chi connectivity index (χ2v) is 10.2. The van der Waals surface area contributed by atoms with E-state index in [0.717, 1.165) is 28.4 Å². The van der Waals surface area contributed by atoms with Crippen molar-refractivity contribution in [3.63, 3.8) is 0 Å². The second-order valence-electron chi connectivity index (χ2n) is 8.37. The number of hydrogen-bond acceptors (Lipinski definition) is 5. The number of sulfonamides is 1. The van der Waals surface area contributed by atoms with Gasteiger partial charge in [0.1, 0.15) is 10.7 Å². The third kappa shape index (κ3) is 3.59. The van der Waals surface area contributed by atoms with E-state index in [1.165, 1.54) is 22.5 Å². The zero-order valence-electron chi connectivity index (χ0n) is 17.6.